The van der Waals surface area contributed by atoms with Crippen molar-refractivity contribution in [3.05, 3.63) is 70.0 Å². The Labute approximate surface area is 188 Å². The van der Waals surface area contributed by atoms with Crippen molar-refractivity contribution in [2.45, 2.75) is 20.5 Å². The van der Waals surface area contributed by atoms with Gasteiger partial charge < -0.3 is 15.8 Å². The van der Waals surface area contributed by atoms with Crippen LogP contribution >= 0.6 is 11.3 Å². The van der Waals surface area contributed by atoms with E-state index in [-0.39, 0.29) is 11.0 Å². The van der Waals surface area contributed by atoms with E-state index in [2.05, 4.69) is 20.4 Å². The topological polar surface area (TPSA) is 106 Å². The first kappa shape index (κ1) is 25.5. The lowest BCUT2D eigenvalue weighted by atomic mass is 10.2. The molecule has 0 aliphatic rings. The third kappa shape index (κ3) is 6.87. The van der Waals surface area contributed by atoms with E-state index in [9.17, 15) is 31.5 Å². The van der Waals surface area contributed by atoms with Gasteiger partial charge in [-0.05, 0) is 19.1 Å². The molecule has 3 rings (SSSR count). The SMILES string of the molecule is CC(=O)Nc1ccccc1N.Cc1csc(NC(=O)OCc2c(F)c(F)c(F)c(F)c2F)n1. The molecule has 0 aliphatic carbocycles. The molecule has 1 heterocycles. The number of para-hydroxylation sites is 2. The summed E-state index contributed by atoms with van der Waals surface area (Å²) < 4.78 is 69.8. The van der Waals surface area contributed by atoms with Crippen LogP contribution in [0.1, 0.15) is 18.2 Å². The molecule has 13 heteroatoms. The first-order chi connectivity index (χ1) is 15.5. The van der Waals surface area contributed by atoms with Crippen molar-refractivity contribution in [3.63, 3.8) is 0 Å². The van der Waals surface area contributed by atoms with Crippen LogP contribution in [0.25, 0.3) is 0 Å². The molecule has 0 saturated heterocycles. The van der Waals surface area contributed by atoms with Crippen LogP contribution in [0, 0.1) is 36.0 Å². The van der Waals surface area contributed by atoms with E-state index in [0.717, 1.165) is 11.3 Å². The summed E-state index contributed by atoms with van der Waals surface area (Å²) in [5, 5.41) is 6.55. The van der Waals surface area contributed by atoms with Crippen molar-refractivity contribution in [1.82, 2.24) is 4.98 Å². The predicted molar refractivity (Wildman–Crippen MR) is 112 cm³/mol. The van der Waals surface area contributed by atoms with Gasteiger partial charge in [-0.1, -0.05) is 12.1 Å². The summed E-state index contributed by atoms with van der Waals surface area (Å²) in [6, 6.07) is 7.14. The van der Waals surface area contributed by atoms with Gasteiger partial charge in [-0.25, -0.2) is 31.7 Å². The van der Waals surface area contributed by atoms with Gasteiger partial charge in [0.15, 0.2) is 28.4 Å². The minimum atomic E-state index is -2.28. The first-order valence-corrected chi connectivity index (χ1v) is 9.87. The quantitative estimate of drug-likeness (QED) is 0.205. The average molecular weight is 488 g/mol. The van der Waals surface area contributed by atoms with Gasteiger partial charge in [0.05, 0.1) is 22.6 Å². The molecule has 0 aliphatic heterocycles. The van der Waals surface area contributed by atoms with Crippen LogP contribution < -0.4 is 16.4 Å². The van der Waals surface area contributed by atoms with Gasteiger partial charge in [0.25, 0.3) is 0 Å². The maximum Gasteiger partial charge on any atom is 0.413 e. The number of halogens is 5. The zero-order valence-corrected chi connectivity index (χ0v) is 18.0. The summed E-state index contributed by atoms with van der Waals surface area (Å²) in [4.78, 5) is 25.8. The van der Waals surface area contributed by atoms with Crippen molar-refractivity contribution in [2.75, 3.05) is 16.4 Å². The molecule has 33 heavy (non-hydrogen) atoms. The second-order valence-corrected chi connectivity index (χ2v) is 7.17. The van der Waals surface area contributed by atoms with E-state index in [1.807, 2.05) is 12.1 Å². The molecule has 176 valence electrons. The summed E-state index contributed by atoms with van der Waals surface area (Å²) in [6.07, 6.45) is -1.14. The molecule has 0 saturated carbocycles. The van der Waals surface area contributed by atoms with Crippen LogP contribution in [-0.2, 0) is 16.1 Å². The second-order valence-electron chi connectivity index (χ2n) is 6.31. The zero-order chi connectivity index (χ0) is 24.7. The highest BCUT2D eigenvalue weighted by Gasteiger charge is 2.26. The van der Waals surface area contributed by atoms with Crippen molar-refractivity contribution < 1.29 is 36.3 Å². The number of aryl methyl sites for hydroxylation is 1. The summed E-state index contributed by atoms with van der Waals surface area (Å²) in [7, 11) is 0. The fourth-order valence-electron chi connectivity index (χ4n) is 2.25. The summed E-state index contributed by atoms with van der Waals surface area (Å²) >= 11 is 1.07. The number of nitrogens with two attached hydrogens (primary N) is 1. The third-order valence-electron chi connectivity index (χ3n) is 3.75. The number of carbonyl (C=O) groups is 2. The molecule has 0 radical (unpaired) electrons. The normalized spacial score (nSPS) is 10.2. The molecule has 1 aromatic heterocycles. The van der Waals surface area contributed by atoms with Crippen LogP contribution in [0.4, 0.5) is 43.3 Å². The minimum Gasteiger partial charge on any atom is -0.444 e. The second kappa shape index (κ2) is 11.2. The number of amides is 2. The highest BCUT2D eigenvalue weighted by Crippen LogP contribution is 2.24. The van der Waals surface area contributed by atoms with Gasteiger partial charge in [0.2, 0.25) is 11.7 Å². The highest BCUT2D eigenvalue weighted by molar-refractivity contribution is 7.13. The molecule has 7 nitrogen and oxygen atoms in total. The summed E-state index contributed by atoms with van der Waals surface area (Å²) in [5.74, 6) is -10.7. The number of nitrogen functional groups attached to an aromatic ring is 1. The molecule has 0 unspecified atom stereocenters. The number of nitrogens with zero attached hydrogens (tertiary/aromatic N) is 1. The van der Waals surface area contributed by atoms with E-state index < -0.39 is 47.3 Å². The summed E-state index contributed by atoms with van der Waals surface area (Å²) in [6.45, 7) is 2.00. The Morgan fingerprint density at radius 2 is 1.58 bits per heavy atom. The zero-order valence-electron chi connectivity index (χ0n) is 17.1. The Bertz CT molecular complexity index is 1140. The molecular formula is C20H17F5N4O3S. The number of ether oxygens (including phenoxy) is 1. The van der Waals surface area contributed by atoms with Gasteiger partial charge in [-0.2, -0.15) is 0 Å². The molecule has 2 amide bonds. The van der Waals surface area contributed by atoms with Gasteiger partial charge >= 0.3 is 6.09 Å². The predicted octanol–water partition coefficient (Wildman–Crippen LogP) is 5.12. The fourth-order valence-corrected chi connectivity index (χ4v) is 2.92. The van der Waals surface area contributed by atoms with Gasteiger partial charge in [0, 0.05) is 12.3 Å². The van der Waals surface area contributed by atoms with Crippen molar-refractivity contribution >= 4 is 39.8 Å². The van der Waals surface area contributed by atoms with Gasteiger partial charge in [0.1, 0.15) is 6.61 Å². The highest BCUT2D eigenvalue weighted by atomic mass is 32.1. The third-order valence-corrected chi connectivity index (χ3v) is 4.62. The molecule has 0 bridgehead atoms. The Morgan fingerprint density at radius 1 is 1.00 bits per heavy atom. The number of thiazole rings is 1. The van der Waals surface area contributed by atoms with Crippen molar-refractivity contribution in [2.24, 2.45) is 0 Å². The largest absolute Gasteiger partial charge is 0.444 e. The van der Waals surface area contributed by atoms with Gasteiger partial charge in [-0.15, -0.1) is 11.3 Å². The van der Waals surface area contributed by atoms with Crippen LogP contribution in [0.3, 0.4) is 0 Å². The van der Waals surface area contributed by atoms with E-state index >= 15 is 0 Å². The monoisotopic (exact) mass is 488 g/mol. The maximum atomic E-state index is 13.3. The molecule has 0 fully saturated rings. The Hall–Kier alpha value is -3.74. The number of benzene rings is 2. The molecule has 4 N–H and O–H groups in total. The lowest BCUT2D eigenvalue weighted by molar-refractivity contribution is -0.114. The molecular weight excluding hydrogens is 471 g/mol. The number of rotatable bonds is 4. The Balaban J connectivity index is 0.000000294. The number of carbonyl (C=O) groups excluding carboxylic acids is 2. The molecule has 0 spiro atoms. The molecule has 3 aromatic rings. The van der Waals surface area contributed by atoms with E-state index in [4.69, 9.17) is 5.73 Å². The number of nitrogens with one attached hydrogen (secondary N) is 2. The standard InChI is InChI=1S/C12H7F5N2O2S.C8H10N2O/c1-4-3-22-11(18-4)19-12(20)21-2-5-6(13)8(15)10(17)9(16)7(5)14;1-6(11)10-8-5-3-2-4-7(8)9/h3H,2H2,1H3,(H,18,19,20);2-5H,9H2,1H3,(H,10,11). The van der Waals surface area contributed by atoms with Crippen LogP contribution in [-0.4, -0.2) is 17.0 Å². The Morgan fingerprint density at radius 3 is 2.09 bits per heavy atom. The van der Waals surface area contributed by atoms with Crippen LogP contribution in [0.2, 0.25) is 0 Å². The Kier molecular flexibility index (Phi) is 8.68. The van der Waals surface area contributed by atoms with E-state index in [0.29, 0.717) is 17.1 Å². The lowest BCUT2D eigenvalue weighted by Crippen LogP contribution is -2.16. The van der Waals surface area contributed by atoms with Crippen molar-refractivity contribution in [1.29, 1.82) is 0 Å². The average Bonchev–Trinajstić information content (AvgIpc) is 3.17. The first-order valence-electron chi connectivity index (χ1n) is 8.99. The van der Waals surface area contributed by atoms with Crippen LogP contribution in [0.5, 0.6) is 0 Å². The van der Waals surface area contributed by atoms with E-state index in [1.165, 1.54) is 6.92 Å². The lowest BCUT2D eigenvalue weighted by Gasteiger charge is -2.09. The van der Waals surface area contributed by atoms with E-state index in [1.54, 1.807) is 24.4 Å². The fraction of sp³-hybridized carbons (Fsp3) is 0.150. The maximum absolute atomic E-state index is 13.3. The number of aromatic nitrogens is 1. The molecule has 2 aromatic carbocycles. The van der Waals surface area contributed by atoms with Crippen molar-refractivity contribution in [3.8, 4) is 0 Å². The number of hydrogen-bond donors (Lipinski definition) is 3. The number of anilines is 3. The number of hydrogen-bond acceptors (Lipinski definition) is 6. The smallest absolute Gasteiger partial charge is 0.413 e. The molecule has 0 atom stereocenters. The van der Waals surface area contributed by atoms with Crippen LogP contribution in [0.15, 0.2) is 29.6 Å². The minimum absolute atomic E-state index is 0.108. The van der Waals surface area contributed by atoms with Gasteiger partial charge in [-0.3, -0.25) is 10.1 Å². The summed E-state index contributed by atoms with van der Waals surface area (Å²) in [5.41, 5.74) is 6.20.